The van der Waals surface area contributed by atoms with E-state index in [2.05, 4.69) is 17.1 Å². The van der Waals surface area contributed by atoms with Crippen LogP contribution in [0.4, 0.5) is 0 Å². The van der Waals surface area contributed by atoms with Gasteiger partial charge in [-0.25, -0.2) is 4.98 Å². The highest BCUT2D eigenvalue weighted by atomic mass is 16.5. The lowest BCUT2D eigenvalue weighted by Gasteiger charge is -2.29. The Morgan fingerprint density at radius 3 is 2.31 bits per heavy atom. The average molecular weight is 488 g/mol. The number of benzene rings is 2. The van der Waals surface area contributed by atoms with Gasteiger partial charge in [-0.1, -0.05) is 73.5 Å². The molecular weight excluding hydrogens is 454 g/mol. The summed E-state index contributed by atoms with van der Waals surface area (Å²) in [6, 6.07) is 20.0. The van der Waals surface area contributed by atoms with Crippen molar-refractivity contribution in [2.45, 2.75) is 63.0 Å². The molecule has 188 valence electrons. The topological polar surface area (TPSA) is 95.8 Å². The van der Waals surface area contributed by atoms with Gasteiger partial charge in [-0.15, -0.1) is 0 Å². The molecule has 2 aliphatic rings. The quantitative estimate of drug-likeness (QED) is 0.440. The van der Waals surface area contributed by atoms with Crippen molar-refractivity contribution in [1.29, 1.82) is 0 Å². The van der Waals surface area contributed by atoms with Gasteiger partial charge in [0.05, 0.1) is 6.61 Å². The van der Waals surface area contributed by atoms with Gasteiger partial charge in [0.25, 0.3) is 11.8 Å². The third-order valence-corrected chi connectivity index (χ3v) is 7.36. The number of ether oxygens (including phenoxy) is 1. The molecule has 1 amide bonds. The summed E-state index contributed by atoms with van der Waals surface area (Å²) in [4.78, 5) is 24.5. The molecule has 7 heteroatoms. The molecule has 1 aromatic heterocycles. The molecule has 2 fully saturated rings. The first kappa shape index (κ1) is 24.3. The Kier molecular flexibility index (Phi) is 7.18. The van der Waals surface area contributed by atoms with E-state index in [4.69, 9.17) is 9.72 Å². The maximum atomic E-state index is 13.7. The molecule has 2 aliphatic carbocycles. The standard InChI is InChI=1S/C29H33N3O4/c33-18-17-32(23-13-14-23)28(35)25-26(36-20-21-9-3-1-4-10-21)27(34)31-24(30-25)19-29(15-7-8-16-29)22-11-5-2-6-12-22/h1-6,9-12,23,33H,7-8,13-20H2,(H,30,31,34). The fraction of sp³-hybridized carbons (Fsp3) is 0.414. The molecule has 2 saturated carbocycles. The summed E-state index contributed by atoms with van der Waals surface area (Å²) < 4.78 is 5.95. The maximum Gasteiger partial charge on any atom is 0.276 e. The highest BCUT2D eigenvalue weighted by molar-refractivity contribution is 5.96. The van der Waals surface area contributed by atoms with Gasteiger partial charge in [0.2, 0.25) is 5.75 Å². The van der Waals surface area contributed by atoms with E-state index in [0.717, 1.165) is 44.1 Å². The van der Waals surface area contributed by atoms with Crippen molar-refractivity contribution in [3.05, 3.63) is 83.3 Å². The number of aromatic nitrogens is 2. The van der Waals surface area contributed by atoms with E-state index in [9.17, 15) is 15.0 Å². The minimum Gasteiger partial charge on any atom is -0.491 e. The Balaban J connectivity index is 1.50. The maximum absolute atomic E-state index is 13.7. The van der Waals surface area contributed by atoms with Gasteiger partial charge >= 0.3 is 0 Å². The van der Waals surface area contributed by atoms with Crippen molar-refractivity contribution in [1.82, 2.24) is 14.9 Å². The second kappa shape index (κ2) is 10.7. The number of carbonyl (C=O) groups is 1. The number of aliphatic hydroxyl groups is 1. The van der Waals surface area contributed by atoms with Gasteiger partial charge in [0.1, 0.15) is 12.4 Å². The fourth-order valence-corrected chi connectivity index (χ4v) is 5.36. The van der Waals surface area contributed by atoms with Crippen LogP contribution in [0.3, 0.4) is 0 Å². The Labute approximate surface area is 211 Å². The first-order valence-corrected chi connectivity index (χ1v) is 12.8. The summed E-state index contributed by atoms with van der Waals surface area (Å²) >= 11 is 0. The lowest BCUT2D eigenvalue weighted by Crippen LogP contribution is -2.36. The molecule has 0 atom stereocenters. The summed E-state index contributed by atoms with van der Waals surface area (Å²) in [6.07, 6.45) is 6.59. The van der Waals surface area contributed by atoms with Gasteiger partial charge in [0.15, 0.2) is 5.69 Å². The van der Waals surface area contributed by atoms with E-state index in [-0.39, 0.29) is 54.4 Å². The normalized spacial score (nSPS) is 16.6. The zero-order valence-corrected chi connectivity index (χ0v) is 20.5. The molecule has 7 nitrogen and oxygen atoms in total. The monoisotopic (exact) mass is 487 g/mol. The van der Waals surface area contributed by atoms with E-state index in [1.165, 1.54) is 5.56 Å². The number of carbonyl (C=O) groups excluding carboxylic acids is 1. The fourth-order valence-electron chi connectivity index (χ4n) is 5.36. The number of amides is 1. The van der Waals surface area contributed by atoms with E-state index >= 15 is 0 Å². The van der Waals surface area contributed by atoms with Gasteiger partial charge in [-0.3, -0.25) is 4.79 Å². The van der Waals surface area contributed by atoms with E-state index < -0.39 is 0 Å². The van der Waals surface area contributed by atoms with Crippen LogP contribution in [0.25, 0.3) is 0 Å². The number of aliphatic hydroxyl groups excluding tert-OH is 1. The van der Waals surface area contributed by atoms with Crippen molar-refractivity contribution in [2.75, 3.05) is 13.2 Å². The van der Waals surface area contributed by atoms with E-state index in [1.807, 2.05) is 48.5 Å². The summed E-state index contributed by atoms with van der Waals surface area (Å²) in [7, 11) is 0. The van der Waals surface area contributed by atoms with Crippen molar-refractivity contribution in [3.63, 3.8) is 0 Å². The molecular formula is C29H33N3O4. The summed E-state index contributed by atoms with van der Waals surface area (Å²) in [6.45, 7) is 0.258. The molecule has 0 saturated heterocycles. The lowest BCUT2D eigenvalue weighted by atomic mass is 9.76. The van der Waals surface area contributed by atoms with Crippen molar-refractivity contribution < 1.29 is 19.7 Å². The Morgan fingerprint density at radius 1 is 1.00 bits per heavy atom. The number of nitrogens with zero attached hydrogens (tertiary/aromatic N) is 3. The Morgan fingerprint density at radius 2 is 1.67 bits per heavy atom. The van der Waals surface area contributed by atoms with Crippen LogP contribution in [-0.4, -0.2) is 50.2 Å². The minimum absolute atomic E-state index is 0.00336. The van der Waals surface area contributed by atoms with Crippen LogP contribution in [0, 0.1) is 0 Å². The molecule has 5 rings (SSSR count). The molecule has 0 unspecified atom stereocenters. The summed E-state index contributed by atoms with van der Waals surface area (Å²) in [5.74, 6) is -0.223. The van der Waals surface area contributed by atoms with Crippen molar-refractivity contribution in [3.8, 4) is 11.6 Å². The summed E-state index contributed by atoms with van der Waals surface area (Å²) in [5.41, 5.74) is 2.09. The number of hydrogen-bond acceptors (Lipinski definition) is 6. The van der Waals surface area contributed by atoms with Crippen LogP contribution in [0.2, 0.25) is 0 Å². The molecule has 0 spiro atoms. The predicted molar refractivity (Wildman–Crippen MR) is 136 cm³/mol. The number of rotatable bonds is 10. The highest BCUT2D eigenvalue weighted by Crippen LogP contribution is 2.44. The molecule has 2 N–H and O–H groups in total. The largest absolute Gasteiger partial charge is 0.491 e. The second-order valence-electron chi connectivity index (χ2n) is 9.90. The SMILES string of the molecule is O=C(c1nc(CC2(c3ccccc3)CCCC2)nc(O)c1OCc1ccccc1)N(CCO)C1CC1. The van der Waals surface area contributed by atoms with E-state index in [1.54, 1.807) is 4.90 Å². The highest BCUT2D eigenvalue weighted by Gasteiger charge is 2.39. The molecule has 2 aromatic carbocycles. The predicted octanol–water partition coefficient (Wildman–Crippen LogP) is 4.41. The van der Waals surface area contributed by atoms with Gasteiger partial charge in [-0.05, 0) is 36.8 Å². The molecule has 1 heterocycles. The van der Waals surface area contributed by atoms with Gasteiger partial charge in [0, 0.05) is 24.4 Å². The second-order valence-corrected chi connectivity index (χ2v) is 9.90. The molecule has 36 heavy (non-hydrogen) atoms. The van der Waals surface area contributed by atoms with Gasteiger partial charge in [-0.2, -0.15) is 4.98 Å². The van der Waals surface area contributed by atoms with Crippen molar-refractivity contribution in [2.24, 2.45) is 0 Å². The first-order valence-electron chi connectivity index (χ1n) is 12.8. The average Bonchev–Trinajstić information content (AvgIpc) is 3.64. The molecule has 0 bridgehead atoms. The van der Waals surface area contributed by atoms with Crippen LogP contribution in [-0.2, 0) is 18.4 Å². The van der Waals surface area contributed by atoms with Crippen LogP contribution < -0.4 is 4.74 Å². The third kappa shape index (κ3) is 5.21. The molecule has 0 aliphatic heterocycles. The van der Waals surface area contributed by atoms with Gasteiger partial charge < -0.3 is 19.8 Å². The molecule has 0 radical (unpaired) electrons. The number of aromatic hydroxyl groups is 1. The molecule has 3 aromatic rings. The van der Waals surface area contributed by atoms with E-state index in [0.29, 0.717) is 12.2 Å². The zero-order valence-electron chi connectivity index (χ0n) is 20.5. The Hall–Kier alpha value is -3.45. The Bertz CT molecular complexity index is 1180. The van der Waals surface area contributed by atoms with Crippen LogP contribution in [0.5, 0.6) is 11.6 Å². The zero-order chi connectivity index (χ0) is 25.0. The third-order valence-electron chi connectivity index (χ3n) is 7.36. The van der Waals surface area contributed by atoms with Crippen molar-refractivity contribution >= 4 is 5.91 Å². The lowest BCUT2D eigenvalue weighted by molar-refractivity contribution is 0.0694. The van der Waals surface area contributed by atoms with Crippen LogP contribution in [0.15, 0.2) is 60.7 Å². The van der Waals surface area contributed by atoms with Crippen LogP contribution in [0.1, 0.15) is 66.0 Å². The summed E-state index contributed by atoms with van der Waals surface area (Å²) in [5, 5.41) is 20.6. The van der Waals surface area contributed by atoms with Crippen LogP contribution >= 0.6 is 0 Å². The smallest absolute Gasteiger partial charge is 0.276 e. The minimum atomic E-state index is -0.339. The first-order chi connectivity index (χ1) is 17.6. The number of hydrogen-bond donors (Lipinski definition) is 2.